The van der Waals surface area contributed by atoms with Gasteiger partial charge >= 0.3 is 0 Å². The predicted octanol–water partition coefficient (Wildman–Crippen LogP) is 2.23. The zero-order chi connectivity index (χ0) is 21.6. The van der Waals surface area contributed by atoms with Crippen LogP contribution in [0.5, 0.6) is 0 Å². The second-order valence-corrected chi connectivity index (χ2v) is 7.78. The first-order valence-electron chi connectivity index (χ1n) is 11.2. The van der Waals surface area contributed by atoms with Gasteiger partial charge in [-0.1, -0.05) is 31.4 Å². The van der Waals surface area contributed by atoms with Crippen molar-refractivity contribution < 1.29 is 9.59 Å². The van der Waals surface area contributed by atoms with Gasteiger partial charge in [-0.3, -0.25) is 14.6 Å². The van der Waals surface area contributed by atoms with Crippen molar-refractivity contribution in [1.29, 1.82) is 0 Å². The monoisotopic (exact) mass is 415 g/mol. The Labute approximate surface area is 180 Å². The van der Waals surface area contributed by atoms with Crippen molar-refractivity contribution in [2.75, 3.05) is 33.2 Å². The molecule has 1 aromatic rings. The fourth-order valence-corrected chi connectivity index (χ4v) is 3.76. The van der Waals surface area contributed by atoms with Crippen LogP contribution in [-0.4, -0.2) is 51.0 Å². The molecule has 0 unspecified atom stereocenters. The number of benzene rings is 1. The highest BCUT2D eigenvalue weighted by Crippen LogP contribution is 2.25. The summed E-state index contributed by atoms with van der Waals surface area (Å²) in [5.41, 5.74) is 1.73. The average Bonchev–Trinajstić information content (AvgIpc) is 2.77. The van der Waals surface area contributed by atoms with Crippen LogP contribution in [0.4, 0.5) is 0 Å². The maximum absolute atomic E-state index is 12.1. The second-order valence-electron chi connectivity index (χ2n) is 7.78. The Kier molecular flexibility index (Phi) is 10.8. The minimum absolute atomic E-state index is 0.0825. The van der Waals surface area contributed by atoms with E-state index < -0.39 is 0 Å². The van der Waals surface area contributed by atoms with Gasteiger partial charge in [-0.25, -0.2) is 0 Å². The molecule has 4 N–H and O–H groups in total. The van der Waals surface area contributed by atoms with Gasteiger partial charge in [0.15, 0.2) is 5.96 Å². The van der Waals surface area contributed by atoms with Crippen LogP contribution in [-0.2, 0) is 11.2 Å². The fraction of sp³-hybridized carbons (Fsp3) is 0.609. The highest BCUT2D eigenvalue weighted by molar-refractivity contribution is 5.94. The first kappa shape index (κ1) is 23.7. The number of guanidine groups is 1. The summed E-state index contributed by atoms with van der Waals surface area (Å²) in [6.07, 6.45) is 7.62. The second kappa shape index (κ2) is 13.6. The van der Waals surface area contributed by atoms with E-state index in [-0.39, 0.29) is 11.8 Å². The molecule has 0 heterocycles. The molecule has 0 spiro atoms. The summed E-state index contributed by atoms with van der Waals surface area (Å²) in [5, 5.41) is 12.1. The van der Waals surface area contributed by atoms with Crippen LogP contribution in [0.2, 0.25) is 0 Å². The molecule has 0 bridgehead atoms. The van der Waals surface area contributed by atoms with E-state index >= 15 is 0 Å². The van der Waals surface area contributed by atoms with Gasteiger partial charge in [-0.2, -0.15) is 0 Å². The molecule has 7 heteroatoms. The molecule has 1 aliphatic carbocycles. The SMILES string of the molecule is CCNC(=NCCc1cccc(C(=O)NC)c1)NCCNC(=O)CC1CCCCC1. The lowest BCUT2D eigenvalue weighted by Gasteiger charge is -2.20. The first-order chi connectivity index (χ1) is 14.6. The molecule has 2 amide bonds. The van der Waals surface area contributed by atoms with Gasteiger partial charge in [0.25, 0.3) is 5.91 Å². The van der Waals surface area contributed by atoms with E-state index in [1.54, 1.807) is 13.1 Å². The summed E-state index contributed by atoms with van der Waals surface area (Å²) in [6.45, 7) is 4.63. The van der Waals surface area contributed by atoms with Crippen LogP contribution in [0.25, 0.3) is 0 Å². The third-order valence-electron chi connectivity index (χ3n) is 5.37. The van der Waals surface area contributed by atoms with Crippen LogP contribution < -0.4 is 21.3 Å². The van der Waals surface area contributed by atoms with Crippen molar-refractivity contribution in [2.45, 2.75) is 51.9 Å². The van der Waals surface area contributed by atoms with Crippen molar-refractivity contribution in [1.82, 2.24) is 21.3 Å². The number of amides is 2. The summed E-state index contributed by atoms with van der Waals surface area (Å²) in [4.78, 5) is 28.4. The van der Waals surface area contributed by atoms with E-state index in [0.29, 0.717) is 37.5 Å². The Morgan fingerprint density at radius 3 is 2.57 bits per heavy atom. The molecule has 0 saturated heterocycles. The number of rotatable bonds is 10. The molecule has 2 rings (SSSR count). The first-order valence-corrected chi connectivity index (χ1v) is 11.2. The topological polar surface area (TPSA) is 94.6 Å². The van der Waals surface area contributed by atoms with E-state index in [9.17, 15) is 9.59 Å². The summed E-state index contributed by atoms with van der Waals surface area (Å²) < 4.78 is 0. The molecule has 0 aromatic heterocycles. The van der Waals surface area contributed by atoms with Crippen molar-refractivity contribution in [3.63, 3.8) is 0 Å². The standard InChI is InChI=1S/C23H37N5O2/c1-3-25-23(27-13-12-19-10-7-11-20(16-19)22(30)24-2)28-15-14-26-21(29)17-18-8-5-4-6-9-18/h7,10-11,16,18H,3-6,8-9,12-15,17H2,1-2H3,(H,24,30)(H,26,29)(H2,25,27,28). The van der Waals surface area contributed by atoms with E-state index in [1.807, 2.05) is 25.1 Å². The van der Waals surface area contributed by atoms with E-state index in [4.69, 9.17) is 0 Å². The Bertz CT molecular complexity index is 699. The van der Waals surface area contributed by atoms with Crippen LogP contribution in [0.3, 0.4) is 0 Å². The normalized spacial score (nSPS) is 14.8. The quantitative estimate of drug-likeness (QED) is 0.268. The Morgan fingerprint density at radius 2 is 1.83 bits per heavy atom. The van der Waals surface area contributed by atoms with Gasteiger partial charge in [0.05, 0.1) is 0 Å². The van der Waals surface area contributed by atoms with Crippen molar-refractivity contribution in [3.05, 3.63) is 35.4 Å². The third-order valence-corrected chi connectivity index (χ3v) is 5.37. The Balaban J connectivity index is 1.71. The lowest BCUT2D eigenvalue weighted by molar-refractivity contribution is -0.122. The molecule has 1 aliphatic rings. The third kappa shape index (κ3) is 8.84. The van der Waals surface area contributed by atoms with E-state index in [2.05, 4.69) is 26.3 Å². The maximum atomic E-state index is 12.1. The molecule has 30 heavy (non-hydrogen) atoms. The molecule has 7 nitrogen and oxygen atoms in total. The molecule has 1 aromatic carbocycles. The van der Waals surface area contributed by atoms with Crippen LogP contribution in [0, 0.1) is 5.92 Å². The molecule has 166 valence electrons. The maximum Gasteiger partial charge on any atom is 0.251 e. The molecular weight excluding hydrogens is 378 g/mol. The molecule has 0 aliphatic heterocycles. The summed E-state index contributed by atoms with van der Waals surface area (Å²) in [7, 11) is 1.63. The number of carbonyl (C=O) groups is 2. The zero-order valence-electron chi connectivity index (χ0n) is 18.4. The summed E-state index contributed by atoms with van der Waals surface area (Å²) >= 11 is 0. The van der Waals surface area contributed by atoms with Crippen LogP contribution in [0.1, 0.15) is 61.4 Å². The van der Waals surface area contributed by atoms with Crippen molar-refractivity contribution in [2.24, 2.45) is 10.9 Å². The molecule has 1 fully saturated rings. The predicted molar refractivity (Wildman–Crippen MR) is 122 cm³/mol. The summed E-state index contributed by atoms with van der Waals surface area (Å²) in [5.74, 6) is 1.37. The Morgan fingerprint density at radius 1 is 1.07 bits per heavy atom. The molecule has 0 radical (unpaired) electrons. The number of nitrogens with zero attached hydrogens (tertiary/aromatic N) is 1. The molecule has 1 saturated carbocycles. The zero-order valence-corrected chi connectivity index (χ0v) is 18.4. The number of aliphatic imine (C=N–C) groups is 1. The van der Waals surface area contributed by atoms with Crippen molar-refractivity contribution >= 4 is 17.8 Å². The minimum atomic E-state index is -0.0825. The van der Waals surface area contributed by atoms with E-state index in [0.717, 1.165) is 24.5 Å². The highest BCUT2D eigenvalue weighted by Gasteiger charge is 2.16. The number of hydrogen-bond acceptors (Lipinski definition) is 3. The summed E-state index contributed by atoms with van der Waals surface area (Å²) in [6, 6.07) is 7.60. The van der Waals surface area contributed by atoms with Crippen molar-refractivity contribution in [3.8, 4) is 0 Å². The van der Waals surface area contributed by atoms with Crippen LogP contribution in [0.15, 0.2) is 29.3 Å². The minimum Gasteiger partial charge on any atom is -0.357 e. The van der Waals surface area contributed by atoms with Gasteiger partial charge in [-0.15, -0.1) is 0 Å². The lowest BCUT2D eigenvalue weighted by atomic mass is 9.87. The smallest absolute Gasteiger partial charge is 0.251 e. The fourth-order valence-electron chi connectivity index (χ4n) is 3.76. The number of nitrogens with one attached hydrogen (secondary N) is 4. The van der Waals surface area contributed by atoms with Gasteiger partial charge in [0, 0.05) is 45.2 Å². The molecular formula is C23H37N5O2. The highest BCUT2D eigenvalue weighted by atomic mass is 16.2. The van der Waals surface area contributed by atoms with Gasteiger partial charge in [-0.05, 0) is 49.8 Å². The number of hydrogen-bond donors (Lipinski definition) is 4. The number of carbonyl (C=O) groups excluding carboxylic acids is 2. The largest absolute Gasteiger partial charge is 0.357 e. The van der Waals surface area contributed by atoms with Gasteiger partial charge in [0.2, 0.25) is 5.91 Å². The van der Waals surface area contributed by atoms with Gasteiger partial charge < -0.3 is 21.3 Å². The average molecular weight is 416 g/mol. The van der Waals surface area contributed by atoms with E-state index in [1.165, 1.54) is 32.1 Å². The molecule has 0 atom stereocenters. The Hall–Kier alpha value is -2.57. The lowest BCUT2D eigenvalue weighted by Crippen LogP contribution is -2.41. The van der Waals surface area contributed by atoms with Crippen LogP contribution >= 0.6 is 0 Å². The van der Waals surface area contributed by atoms with Gasteiger partial charge in [0.1, 0.15) is 0 Å².